The summed E-state index contributed by atoms with van der Waals surface area (Å²) in [6.07, 6.45) is 2.31. The average molecular weight is 279 g/mol. The Kier molecular flexibility index (Phi) is 3.90. The number of nitrogens with zero attached hydrogens (tertiary/aromatic N) is 2. The second-order valence-electron chi connectivity index (χ2n) is 4.61. The van der Waals surface area contributed by atoms with E-state index in [0.29, 0.717) is 11.4 Å². The second-order valence-corrected chi connectivity index (χ2v) is 5.05. The molecule has 0 aliphatic rings. The molecule has 0 saturated heterocycles. The Morgan fingerprint density at radius 2 is 2.05 bits per heavy atom. The fourth-order valence-corrected chi connectivity index (χ4v) is 2.06. The van der Waals surface area contributed by atoms with Crippen molar-refractivity contribution in [3.63, 3.8) is 0 Å². The lowest BCUT2D eigenvalue weighted by atomic mass is 9.99. The minimum Gasteiger partial charge on any atom is -0.481 e. The molecule has 1 N–H and O–H groups in total. The Morgan fingerprint density at radius 3 is 2.63 bits per heavy atom. The largest absolute Gasteiger partial charge is 0.481 e. The SMILES string of the molecule is CC(Cc1nn(C)cc1-c1ccc(Cl)cc1)C(=O)O. The summed E-state index contributed by atoms with van der Waals surface area (Å²) < 4.78 is 1.70. The maximum atomic E-state index is 11.0. The van der Waals surface area contributed by atoms with E-state index in [1.165, 1.54) is 0 Å². The fourth-order valence-electron chi connectivity index (χ4n) is 1.93. The molecule has 0 aliphatic carbocycles. The van der Waals surface area contributed by atoms with Crippen molar-refractivity contribution in [1.82, 2.24) is 9.78 Å². The van der Waals surface area contributed by atoms with Crippen LogP contribution in [-0.2, 0) is 18.3 Å². The van der Waals surface area contributed by atoms with Crippen molar-refractivity contribution < 1.29 is 9.90 Å². The molecule has 4 nitrogen and oxygen atoms in total. The summed E-state index contributed by atoms with van der Waals surface area (Å²) in [4.78, 5) is 11.0. The minimum atomic E-state index is -0.812. The van der Waals surface area contributed by atoms with E-state index in [9.17, 15) is 4.79 Å². The van der Waals surface area contributed by atoms with Crippen molar-refractivity contribution in [3.05, 3.63) is 41.2 Å². The molecule has 0 amide bonds. The second kappa shape index (κ2) is 5.45. The van der Waals surface area contributed by atoms with E-state index in [-0.39, 0.29) is 0 Å². The number of benzene rings is 1. The van der Waals surface area contributed by atoms with E-state index in [1.807, 2.05) is 37.5 Å². The molecule has 0 spiro atoms. The number of carboxylic acid groups (broad SMARTS) is 1. The van der Waals surface area contributed by atoms with Gasteiger partial charge < -0.3 is 5.11 Å². The van der Waals surface area contributed by atoms with E-state index < -0.39 is 11.9 Å². The molecular formula is C14H15ClN2O2. The summed E-state index contributed by atoms with van der Waals surface area (Å²) in [6, 6.07) is 7.45. The smallest absolute Gasteiger partial charge is 0.306 e. The highest BCUT2D eigenvalue weighted by molar-refractivity contribution is 6.30. The molecule has 1 atom stereocenters. The number of halogens is 1. The molecule has 2 aromatic rings. The third kappa shape index (κ3) is 3.15. The van der Waals surface area contributed by atoms with Gasteiger partial charge in [-0.15, -0.1) is 0 Å². The molecule has 0 saturated carbocycles. The standard InChI is InChI=1S/C14H15ClN2O2/c1-9(14(18)19)7-13-12(8-17(2)16-13)10-3-5-11(15)6-4-10/h3-6,8-9H,7H2,1-2H3,(H,18,19). The predicted octanol–water partition coefficient (Wildman–Crippen LogP) is 3.00. The third-order valence-corrected chi connectivity index (χ3v) is 3.23. The van der Waals surface area contributed by atoms with Crippen LogP contribution in [0.3, 0.4) is 0 Å². The van der Waals surface area contributed by atoms with Crippen molar-refractivity contribution in [2.75, 3.05) is 0 Å². The van der Waals surface area contributed by atoms with E-state index in [4.69, 9.17) is 16.7 Å². The quantitative estimate of drug-likeness (QED) is 0.935. The molecule has 0 aliphatic heterocycles. The Hall–Kier alpha value is -1.81. The first-order chi connectivity index (χ1) is 8.97. The highest BCUT2D eigenvalue weighted by Crippen LogP contribution is 2.26. The van der Waals surface area contributed by atoms with Crippen LogP contribution in [0.25, 0.3) is 11.1 Å². The molecule has 5 heteroatoms. The average Bonchev–Trinajstić information content (AvgIpc) is 2.71. The van der Waals surface area contributed by atoms with Crippen LogP contribution in [0.15, 0.2) is 30.5 Å². The van der Waals surface area contributed by atoms with Gasteiger partial charge in [-0.1, -0.05) is 30.7 Å². The van der Waals surface area contributed by atoms with Crippen LogP contribution in [0.5, 0.6) is 0 Å². The molecule has 1 heterocycles. The molecule has 0 radical (unpaired) electrons. The Bertz CT molecular complexity index is 590. The van der Waals surface area contributed by atoms with E-state index in [0.717, 1.165) is 16.8 Å². The van der Waals surface area contributed by atoms with Gasteiger partial charge in [-0.2, -0.15) is 5.10 Å². The lowest BCUT2D eigenvalue weighted by molar-refractivity contribution is -0.141. The topological polar surface area (TPSA) is 55.1 Å². The van der Waals surface area contributed by atoms with Crippen LogP contribution in [0.4, 0.5) is 0 Å². The van der Waals surface area contributed by atoms with Crippen LogP contribution in [0.2, 0.25) is 5.02 Å². The highest BCUT2D eigenvalue weighted by atomic mass is 35.5. The van der Waals surface area contributed by atoms with Crippen LogP contribution in [0, 0.1) is 5.92 Å². The number of hydrogen-bond acceptors (Lipinski definition) is 2. The first-order valence-corrected chi connectivity index (χ1v) is 6.36. The van der Waals surface area contributed by atoms with Gasteiger partial charge in [0.25, 0.3) is 0 Å². The molecule has 100 valence electrons. The maximum absolute atomic E-state index is 11.0. The zero-order valence-electron chi connectivity index (χ0n) is 10.8. The minimum absolute atomic E-state index is 0.411. The van der Waals surface area contributed by atoms with Gasteiger partial charge >= 0.3 is 5.97 Å². The van der Waals surface area contributed by atoms with Gasteiger partial charge in [0.2, 0.25) is 0 Å². The zero-order chi connectivity index (χ0) is 14.0. The van der Waals surface area contributed by atoms with Gasteiger partial charge in [0.1, 0.15) is 0 Å². The summed E-state index contributed by atoms with van der Waals surface area (Å²) in [7, 11) is 1.83. The van der Waals surface area contributed by atoms with Gasteiger partial charge in [0.05, 0.1) is 11.6 Å². The number of hydrogen-bond donors (Lipinski definition) is 1. The maximum Gasteiger partial charge on any atom is 0.306 e. The molecule has 19 heavy (non-hydrogen) atoms. The fraction of sp³-hybridized carbons (Fsp3) is 0.286. The molecule has 1 unspecified atom stereocenters. The summed E-state index contributed by atoms with van der Waals surface area (Å²) >= 11 is 5.87. The molecule has 0 bridgehead atoms. The number of carbonyl (C=O) groups is 1. The van der Waals surface area contributed by atoms with Crippen molar-refractivity contribution in [3.8, 4) is 11.1 Å². The van der Waals surface area contributed by atoms with Crippen molar-refractivity contribution in [2.24, 2.45) is 13.0 Å². The van der Waals surface area contributed by atoms with E-state index in [2.05, 4.69) is 5.10 Å². The highest BCUT2D eigenvalue weighted by Gasteiger charge is 2.17. The summed E-state index contributed by atoms with van der Waals surface area (Å²) in [5, 5.41) is 14.0. The summed E-state index contributed by atoms with van der Waals surface area (Å²) in [6.45, 7) is 1.68. The van der Waals surface area contributed by atoms with Gasteiger partial charge in [-0.25, -0.2) is 0 Å². The summed E-state index contributed by atoms with van der Waals surface area (Å²) in [5.41, 5.74) is 2.73. The number of rotatable bonds is 4. The van der Waals surface area contributed by atoms with Crippen LogP contribution in [-0.4, -0.2) is 20.9 Å². The molecule has 2 rings (SSSR count). The van der Waals surface area contributed by atoms with Crippen molar-refractivity contribution in [2.45, 2.75) is 13.3 Å². The Morgan fingerprint density at radius 1 is 1.42 bits per heavy atom. The Labute approximate surface area is 116 Å². The van der Waals surface area contributed by atoms with Crippen LogP contribution >= 0.6 is 11.6 Å². The van der Waals surface area contributed by atoms with Crippen LogP contribution < -0.4 is 0 Å². The number of carboxylic acids is 1. The first kappa shape index (κ1) is 13.6. The number of aliphatic carboxylic acids is 1. The Balaban J connectivity index is 2.35. The van der Waals surface area contributed by atoms with Gasteiger partial charge in [-0.05, 0) is 17.7 Å². The first-order valence-electron chi connectivity index (χ1n) is 5.98. The van der Waals surface area contributed by atoms with E-state index in [1.54, 1.807) is 11.6 Å². The lowest BCUT2D eigenvalue weighted by Gasteiger charge is -2.06. The van der Waals surface area contributed by atoms with Gasteiger partial charge in [0, 0.05) is 30.3 Å². The number of aryl methyl sites for hydroxylation is 1. The monoisotopic (exact) mass is 278 g/mol. The lowest BCUT2D eigenvalue weighted by Crippen LogP contribution is -2.13. The third-order valence-electron chi connectivity index (χ3n) is 2.98. The summed E-state index contributed by atoms with van der Waals surface area (Å²) in [5.74, 6) is -1.27. The molecule has 1 aromatic heterocycles. The zero-order valence-corrected chi connectivity index (χ0v) is 11.6. The molecule has 1 aromatic carbocycles. The van der Waals surface area contributed by atoms with E-state index >= 15 is 0 Å². The normalized spacial score (nSPS) is 12.4. The van der Waals surface area contributed by atoms with Crippen LogP contribution in [0.1, 0.15) is 12.6 Å². The molecular weight excluding hydrogens is 264 g/mol. The van der Waals surface area contributed by atoms with Gasteiger partial charge in [-0.3, -0.25) is 9.48 Å². The van der Waals surface area contributed by atoms with Crippen molar-refractivity contribution >= 4 is 17.6 Å². The van der Waals surface area contributed by atoms with Gasteiger partial charge in [0.15, 0.2) is 0 Å². The molecule has 0 fully saturated rings. The predicted molar refractivity (Wildman–Crippen MR) is 74.2 cm³/mol. The van der Waals surface area contributed by atoms with Crippen molar-refractivity contribution in [1.29, 1.82) is 0 Å². The number of aromatic nitrogens is 2.